The monoisotopic (exact) mass is 434 g/mol. The Morgan fingerprint density at radius 1 is 0.879 bits per heavy atom. The van der Waals surface area contributed by atoms with E-state index in [-0.39, 0.29) is 5.91 Å². The molecule has 1 amide bonds. The standard InChI is InChI=1S/C30H30N2O/c1-2-21-8-10-22(11-9-21)23-12-14-24(15-13-23)25-16-17-27-28(18-19-31-29(27)20-25)30(33)32-26-6-4-3-5-7-26/h3-7,12-22H,2,8-11H2,1H3,(H,32,33). The quantitative estimate of drug-likeness (QED) is 0.348. The number of nitrogens with zero attached hydrogens (tertiary/aromatic N) is 1. The van der Waals surface area contributed by atoms with Gasteiger partial charge < -0.3 is 5.32 Å². The molecule has 1 aromatic heterocycles. The van der Waals surface area contributed by atoms with Crippen LogP contribution in [0, 0.1) is 5.92 Å². The van der Waals surface area contributed by atoms with Gasteiger partial charge in [0.1, 0.15) is 0 Å². The molecule has 0 unspecified atom stereocenters. The Bertz CT molecular complexity index is 1240. The summed E-state index contributed by atoms with van der Waals surface area (Å²) in [6.07, 6.45) is 8.37. The number of benzene rings is 3. The number of hydrogen-bond acceptors (Lipinski definition) is 2. The molecule has 0 saturated heterocycles. The molecule has 0 bridgehead atoms. The second kappa shape index (κ2) is 9.58. The minimum absolute atomic E-state index is 0.122. The fourth-order valence-corrected chi connectivity index (χ4v) is 5.10. The number of rotatable bonds is 5. The third kappa shape index (κ3) is 4.68. The molecule has 1 fully saturated rings. The zero-order chi connectivity index (χ0) is 22.6. The number of fused-ring (bicyclic) bond motifs is 1. The van der Waals surface area contributed by atoms with Crippen LogP contribution in [0.4, 0.5) is 5.69 Å². The van der Waals surface area contributed by atoms with Gasteiger partial charge in [-0.25, -0.2) is 0 Å². The number of nitrogens with one attached hydrogen (secondary N) is 1. The molecule has 1 heterocycles. The minimum atomic E-state index is -0.122. The number of aromatic nitrogens is 1. The van der Waals surface area contributed by atoms with Crippen LogP contribution in [0.2, 0.25) is 0 Å². The molecular formula is C30H30N2O. The minimum Gasteiger partial charge on any atom is -0.322 e. The lowest BCUT2D eigenvalue weighted by Gasteiger charge is -2.28. The second-order valence-corrected chi connectivity index (χ2v) is 9.16. The van der Waals surface area contributed by atoms with Crippen molar-refractivity contribution in [2.24, 2.45) is 5.92 Å². The normalized spacial score (nSPS) is 18.2. The number of pyridine rings is 1. The summed E-state index contributed by atoms with van der Waals surface area (Å²) >= 11 is 0. The number of carbonyl (C=O) groups is 1. The molecule has 166 valence electrons. The molecule has 0 aliphatic heterocycles. The maximum absolute atomic E-state index is 12.9. The molecule has 1 aliphatic carbocycles. The van der Waals surface area contributed by atoms with Crippen LogP contribution in [-0.4, -0.2) is 10.9 Å². The highest BCUT2D eigenvalue weighted by molar-refractivity contribution is 6.12. The predicted octanol–water partition coefficient (Wildman–Crippen LogP) is 7.84. The summed E-state index contributed by atoms with van der Waals surface area (Å²) < 4.78 is 0. The van der Waals surface area contributed by atoms with E-state index >= 15 is 0 Å². The predicted molar refractivity (Wildman–Crippen MR) is 137 cm³/mol. The van der Waals surface area contributed by atoms with Crippen LogP contribution in [0.1, 0.15) is 60.9 Å². The van der Waals surface area contributed by atoms with Crippen molar-refractivity contribution in [1.29, 1.82) is 0 Å². The first-order chi connectivity index (χ1) is 16.2. The summed E-state index contributed by atoms with van der Waals surface area (Å²) in [5.74, 6) is 1.50. The lowest BCUT2D eigenvalue weighted by atomic mass is 9.77. The summed E-state index contributed by atoms with van der Waals surface area (Å²) in [4.78, 5) is 17.4. The molecule has 0 radical (unpaired) electrons. The molecule has 33 heavy (non-hydrogen) atoms. The Kier molecular flexibility index (Phi) is 6.21. The summed E-state index contributed by atoms with van der Waals surface area (Å²) in [6, 6.07) is 26.5. The van der Waals surface area contributed by atoms with Gasteiger partial charge in [-0.1, -0.05) is 67.9 Å². The van der Waals surface area contributed by atoms with Crippen molar-refractivity contribution in [3.63, 3.8) is 0 Å². The zero-order valence-electron chi connectivity index (χ0n) is 19.1. The Morgan fingerprint density at radius 3 is 2.33 bits per heavy atom. The van der Waals surface area contributed by atoms with Crippen molar-refractivity contribution in [2.75, 3.05) is 5.32 Å². The maximum atomic E-state index is 12.9. The van der Waals surface area contributed by atoms with E-state index in [1.54, 1.807) is 12.3 Å². The van der Waals surface area contributed by atoms with Crippen LogP contribution in [-0.2, 0) is 0 Å². The van der Waals surface area contributed by atoms with Gasteiger partial charge in [0.2, 0.25) is 0 Å². The molecule has 3 nitrogen and oxygen atoms in total. The van der Waals surface area contributed by atoms with E-state index in [0.717, 1.165) is 28.1 Å². The van der Waals surface area contributed by atoms with Gasteiger partial charge in [-0.15, -0.1) is 0 Å². The topological polar surface area (TPSA) is 42.0 Å². The second-order valence-electron chi connectivity index (χ2n) is 9.16. The number of para-hydroxylation sites is 1. The van der Waals surface area contributed by atoms with Gasteiger partial charge in [-0.05, 0) is 78.5 Å². The average molecular weight is 435 g/mol. The van der Waals surface area contributed by atoms with Gasteiger partial charge in [0, 0.05) is 17.3 Å². The summed E-state index contributed by atoms with van der Waals surface area (Å²) in [6.45, 7) is 2.32. The van der Waals surface area contributed by atoms with Crippen molar-refractivity contribution >= 4 is 22.5 Å². The van der Waals surface area contributed by atoms with Gasteiger partial charge in [0.05, 0.1) is 11.1 Å². The maximum Gasteiger partial charge on any atom is 0.256 e. The third-order valence-corrected chi connectivity index (χ3v) is 7.16. The van der Waals surface area contributed by atoms with Gasteiger partial charge in [-0.3, -0.25) is 9.78 Å². The SMILES string of the molecule is CCC1CCC(c2ccc(-c3ccc4c(C(=O)Nc5ccccc5)ccnc4c3)cc2)CC1. The van der Waals surface area contributed by atoms with Crippen LogP contribution >= 0.6 is 0 Å². The Labute approximate surface area is 195 Å². The summed E-state index contributed by atoms with van der Waals surface area (Å²) in [5.41, 5.74) is 6.02. The van der Waals surface area contributed by atoms with E-state index in [4.69, 9.17) is 0 Å². The largest absolute Gasteiger partial charge is 0.322 e. The van der Waals surface area contributed by atoms with Crippen molar-refractivity contribution in [1.82, 2.24) is 4.98 Å². The number of anilines is 1. The molecule has 1 saturated carbocycles. The first-order valence-electron chi connectivity index (χ1n) is 12.1. The van der Waals surface area contributed by atoms with Crippen molar-refractivity contribution in [3.8, 4) is 11.1 Å². The lowest BCUT2D eigenvalue weighted by molar-refractivity contribution is 0.102. The summed E-state index contributed by atoms with van der Waals surface area (Å²) in [5, 5.41) is 3.83. The van der Waals surface area contributed by atoms with Gasteiger partial charge in [-0.2, -0.15) is 0 Å². The highest BCUT2D eigenvalue weighted by atomic mass is 16.1. The Hall–Kier alpha value is -3.46. The van der Waals surface area contributed by atoms with Crippen LogP contribution in [0.3, 0.4) is 0 Å². The van der Waals surface area contributed by atoms with E-state index in [9.17, 15) is 4.79 Å². The molecule has 1 N–H and O–H groups in total. The highest BCUT2D eigenvalue weighted by Crippen LogP contribution is 2.37. The molecular weight excluding hydrogens is 404 g/mol. The average Bonchev–Trinajstić information content (AvgIpc) is 2.89. The van der Waals surface area contributed by atoms with Crippen LogP contribution in [0.25, 0.3) is 22.0 Å². The van der Waals surface area contributed by atoms with Crippen LogP contribution in [0.15, 0.2) is 85.1 Å². The van der Waals surface area contributed by atoms with E-state index in [1.807, 2.05) is 36.4 Å². The Balaban J connectivity index is 1.36. The molecule has 3 heteroatoms. The summed E-state index contributed by atoms with van der Waals surface area (Å²) in [7, 11) is 0. The number of carbonyl (C=O) groups excluding carboxylic acids is 1. The smallest absolute Gasteiger partial charge is 0.256 e. The molecule has 1 aliphatic rings. The third-order valence-electron chi connectivity index (χ3n) is 7.16. The first-order valence-corrected chi connectivity index (χ1v) is 12.1. The van der Waals surface area contributed by atoms with E-state index < -0.39 is 0 Å². The highest BCUT2D eigenvalue weighted by Gasteiger charge is 2.21. The van der Waals surface area contributed by atoms with E-state index in [0.29, 0.717) is 11.5 Å². The Morgan fingerprint density at radius 2 is 1.61 bits per heavy atom. The van der Waals surface area contributed by atoms with Gasteiger partial charge in [0.15, 0.2) is 0 Å². The fourth-order valence-electron chi connectivity index (χ4n) is 5.10. The van der Waals surface area contributed by atoms with E-state index in [1.165, 1.54) is 43.2 Å². The van der Waals surface area contributed by atoms with Gasteiger partial charge in [0.25, 0.3) is 5.91 Å². The molecule has 4 aromatic rings. The number of amides is 1. The van der Waals surface area contributed by atoms with E-state index in [2.05, 4.69) is 53.6 Å². The first kappa shape index (κ1) is 21.4. The lowest BCUT2D eigenvalue weighted by Crippen LogP contribution is -2.12. The zero-order valence-corrected chi connectivity index (χ0v) is 19.1. The molecule has 3 aromatic carbocycles. The molecule has 5 rings (SSSR count). The van der Waals surface area contributed by atoms with Crippen LogP contribution in [0.5, 0.6) is 0 Å². The van der Waals surface area contributed by atoms with Crippen molar-refractivity contribution in [3.05, 3.63) is 96.2 Å². The van der Waals surface area contributed by atoms with Crippen molar-refractivity contribution in [2.45, 2.75) is 44.9 Å². The molecule has 0 atom stereocenters. The van der Waals surface area contributed by atoms with Crippen LogP contribution < -0.4 is 5.32 Å². The van der Waals surface area contributed by atoms with Gasteiger partial charge >= 0.3 is 0 Å². The fraction of sp³-hybridized carbons (Fsp3) is 0.267. The van der Waals surface area contributed by atoms with Crippen molar-refractivity contribution < 1.29 is 4.79 Å². The molecule has 0 spiro atoms. The number of hydrogen-bond donors (Lipinski definition) is 1.